The molecule has 1 heterocycles. The molecule has 0 bridgehead atoms. The van der Waals surface area contributed by atoms with Crippen LogP contribution in [0.4, 0.5) is 0 Å². The van der Waals surface area contributed by atoms with Gasteiger partial charge in [0.1, 0.15) is 11.5 Å². The van der Waals surface area contributed by atoms with E-state index in [-0.39, 0.29) is 17.9 Å². The molecule has 0 aromatic heterocycles. The Hall–Kier alpha value is -1.32. The normalized spacial score (nSPS) is 26.8. The summed E-state index contributed by atoms with van der Waals surface area (Å²) in [6, 6.07) is 0. The van der Waals surface area contributed by atoms with Crippen molar-refractivity contribution in [1.29, 1.82) is 0 Å². The highest BCUT2D eigenvalue weighted by Crippen LogP contribution is 2.44. The van der Waals surface area contributed by atoms with Gasteiger partial charge in [-0.25, -0.2) is 4.79 Å². The van der Waals surface area contributed by atoms with E-state index in [1.807, 2.05) is 0 Å². The van der Waals surface area contributed by atoms with Gasteiger partial charge in [0.25, 0.3) is 0 Å². The molecule has 1 spiro atoms. The number of esters is 2. The number of ether oxygens (including phenoxy) is 2. The van der Waals surface area contributed by atoms with Gasteiger partial charge in [-0.2, -0.15) is 0 Å². The molecule has 18 heavy (non-hydrogen) atoms. The summed E-state index contributed by atoms with van der Waals surface area (Å²) in [7, 11) is 0. The molecule has 2 aliphatic rings. The Labute approximate surface area is 107 Å². The van der Waals surface area contributed by atoms with Crippen molar-refractivity contribution < 1.29 is 19.1 Å². The summed E-state index contributed by atoms with van der Waals surface area (Å²) in [4.78, 5) is 23.8. The van der Waals surface area contributed by atoms with Gasteiger partial charge in [0.15, 0.2) is 0 Å². The topological polar surface area (TPSA) is 52.6 Å². The largest absolute Gasteiger partial charge is 0.466 e. The number of carbonyl (C=O) groups excluding carboxylic acids is 2. The molecule has 2 rings (SSSR count). The molecule has 0 N–H and O–H groups in total. The van der Waals surface area contributed by atoms with Crippen LogP contribution in [0.2, 0.25) is 0 Å². The summed E-state index contributed by atoms with van der Waals surface area (Å²) in [6.45, 7) is 5.82. The minimum Gasteiger partial charge on any atom is -0.466 e. The Morgan fingerprint density at radius 1 is 1.44 bits per heavy atom. The predicted molar refractivity (Wildman–Crippen MR) is 65.8 cm³/mol. The minimum absolute atomic E-state index is 0.256. The van der Waals surface area contributed by atoms with E-state index in [9.17, 15) is 9.59 Å². The standard InChI is InChI=1S/C14H20O4/c1-3-17-13(16)11-9-10(2)12(15)18-14(11)7-5-4-6-8-14/h11H,2-9H2,1H3. The Balaban J connectivity index is 2.23. The molecule has 1 aliphatic carbocycles. The van der Waals surface area contributed by atoms with Gasteiger partial charge in [-0.05, 0) is 39.0 Å². The Bertz CT molecular complexity index is 366. The molecule has 0 amide bonds. The average Bonchev–Trinajstić information content (AvgIpc) is 2.35. The second-order valence-electron chi connectivity index (χ2n) is 5.13. The van der Waals surface area contributed by atoms with Crippen LogP contribution in [0, 0.1) is 5.92 Å². The summed E-state index contributed by atoms with van der Waals surface area (Å²) in [5.74, 6) is -0.978. The highest BCUT2D eigenvalue weighted by atomic mass is 16.6. The van der Waals surface area contributed by atoms with Crippen LogP contribution in [0.3, 0.4) is 0 Å². The van der Waals surface area contributed by atoms with Crippen LogP contribution >= 0.6 is 0 Å². The lowest BCUT2D eigenvalue weighted by Gasteiger charge is -2.44. The molecule has 1 saturated carbocycles. The van der Waals surface area contributed by atoms with Crippen molar-refractivity contribution in [2.45, 2.75) is 51.0 Å². The lowest BCUT2D eigenvalue weighted by molar-refractivity contribution is -0.184. The Kier molecular flexibility index (Phi) is 3.73. The summed E-state index contributed by atoms with van der Waals surface area (Å²) in [5, 5.41) is 0. The van der Waals surface area contributed by atoms with E-state index in [0.29, 0.717) is 18.6 Å². The van der Waals surface area contributed by atoms with Crippen LogP contribution in [0.1, 0.15) is 45.4 Å². The second-order valence-corrected chi connectivity index (χ2v) is 5.13. The van der Waals surface area contributed by atoms with Crippen molar-refractivity contribution in [2.24, 2.45) is 5.92 Å². The summed E-state index contributed by atoms with van der Waals surface area (Å²) >= 11 is 0. The third-order valence-electron chi connectivity index (χ3n) is 3.94. The van der Waals surface area contributed by atoms with Gasteiger partial charge < -0.3 is 9.47 Å². The third kappa shape index (κ3) is 2.28. The van der Waals surface area contributed by atoms with Crippen LogP contribution in [0.5, 0.6) is 0 Å². The maximum Gasteiger partial charge on any atom is 0.333 e. The van der Waals surface area contributed by atoms with Crippen LogP contribution < -0.4 is 0 Å². The van der Waals surface area contributed by atoms with Crippen LogP contribution in [0.25, 0.3) is 0 Å². The van der Waals surface area contributed by atoms with E-state index in [4.69, 9.17) is 9.47 Å². The van der Waals surface area contributed by atoms with Gasteiger partial charge in [0, 0.05) is 5.57 Å². The molecule has 1 saturated heterocycles. The van der Waals surface area contributed by atoms with Crippen LogP contribution in [-0.2, 0) is 19.1 Å². The SMILES string of the molecule is C=C1CC(C(=O)OCC)C2(CCCCC2)OC1=O. The van der Waals surface area contributed by atoms with E-state index in [1.54, 1.807) is 6.92 Å². The highest BCUT2D eigenvalue weighted by molar-refractivity contribution is 5.91. The monoisotopic (exact) mass is 252 g/mol. The number of carbonyl (C=O) groups is 2. The molecule has 1 atom stereocenters. The first kappa shape index (κ1) is 13.1. The highest BCUT2D eigenvalue weighted by Gasteiger charge is 2.51. The van der Waals surface area contributed by atoms with E-state index < -0.39 is 5.60 Å². The molecule has 0 aromatic carbocycles. The molecule has 100 valence electrons. The van der Waals surface area contributed by atoms with Gasteiger partial charge in [-0.3, -0.25) is 4.79 Å². The second kappa shape index (κ2) is 5.12. The molecule has 1 aliphatic heterocycles. The van der Waals surface area contributed by atoms with Crippen molar-refractivity contribution in [3.8, 4) is 0 Å². The zero-order chi connectivity index (χ0) is 13.2. The molecule has 1 unspecified atom stereocenters. The Morgan fingerprint density at radius 2 is 2.11 bits per heavy atom. The first-order chi connectivity index (χ1) is 8.59. The maximum absolute atomic E-state index is 12.1. The molecular weight excluding hydrogens is 232 g/mol. The molecule has 0 radical (unpaired) electrons. The van der Waals surface area contributed by atoms with E-state index in [0.717, 1.165) is 32.1 Å². The maximum atomic E-state index is 12.1. The van der Waals surface area contributed by atoms with E-state index >= 15 is 0 Å². The van der Waals surface area contributed by atoms with E-state index in [1.165, 1.54) is 0 Å². The lowest BCUT2D eigenvalue weighted by Crippen LogP contribution is -2.51. The summed E-state index contributed by atoms with van der Waals surface area (Å²) in [5.41, 5.74) is -0.257. The first-order valence-corrected chi connectivity index (χ1v) is 6.67. The fraction of sp³-hybridized carbons (Fsp3) is 0.714. The molecule has 0 aromatic rings. The van der Waals surface area contributed by atoms with Crippen molar-refractivity contribution >= 4 is 11.9 Å². The summed E-state index contributed by atoms with van der Waals surface area (Å²) in [6.07, 6.45) is 5.02. The third-order valence-corrected chi connectivity index (χ3v) is 3.94. The fourth-order valence-electron chi connectivity index (χ4n) is 2.99. The lowest BCUT2D eigenvalue weighted by atomic mass is 9.71. The quantitative estimate of drug-likeness (QED) is 0.559. The minimum atomic E-state index is -0.636. The molecule has 4 heteroatoms. The van der Waals surface area contributed by atoms with Gasteiger partial charge in [0.05, 0.1) is 6.61 Å². The summed E-state index contributed by atoms with van der Waals surface area (Å²) < 4.78 is 10.7. The van der Waals surface area contributed by atoms with Gasteiger partial charge in [-0.15, -0.1) is 0 Å². The fourth-order valence-corrected chi connectivity index (χ4v) is 2.99. The zero-order valence-corrected chi connectivity index (χ0v) is 10.9. The number of hydrogen-bond acceptors (Lipinski definition) is 4. The zero-order valence-electron chi connectivity index (χ0n) is 10.9. The molecular formula is C14H20O4. The smallest absolute Gasteiger partial charge is 0.333 e. The van der Waals surface area contributed by atoms with Crippen molar-refractivity contribution in [1.82, 2.24) is 0 Å². The van der Waals surface area contributed by atoms with Crippen LogP contribution in [-0.4, -0.2) is 24.1 Å². The van der Waals surface area contributed by atoms with Crippen LogP contribution in [0.15, 0.2) is 12.2 Å². The number of rotatable bonds is 2. The first-order valence-electron chi connectivity index (χ1n) is 6.67. The van der Waals surface area contributed by atoms with Gasteiger partial charge in [-0.1, -0.05) is 13.0 Å². The molecule has 2 fully saturated rings. The van der Waals surface area contributed by atoms with Gasteiger partial charge in [0.2, 0.25) is 0 Å². The average molecular weight is 252 g/mol. The van der Waals surface area contributed by atoms with E-state index in [2.05, 4.69) is 6.58 Å². The van der Waals surface area contributed by atoms with Gasteiger partial charge >= 0.3 is 11.9 Å². The number of hydrogen-bond donors (Lipinski definition) is 0. The van der Waals surface area contributed by atoms with Crippen molar-refractivity contribution in [2.75, 3.05) is 6.61 Å². The molecule has 4 nitrogen and oxygen atoms in total. The van der Waals surface area contributed by atoms with Crippen molar-refractivity contribution in [3.63, 3.8) is 0 Å². The predicted octanol–water partition coefficient (Wildman–Crippen LogP) is 2.37. The van der Waals surface area contributed by atoms with Crippen molar-refractivity contribution in [3.05, 3.63) is 12.2 Å². The Morgan fingerprint density at radius 3 is 2.72 bits per heavy atom.